The standard InChI is InChI=1S/C16H22FN3O.ClH/c17-13-6-1-2-8-15(13)20-10-4-5-12(11-20)19-16(21)14-7-3-9-18-14;/h1-2,6,8,12,14,18H,3-5,7,9-11H2,(H,19,21);1H. The molecule has 0 aliphatic carbocycles. The maximum atomic E-state index is 13.9. The minimum absolute atomic E-state index is 0. The van der Waals surface area contributed by atoms with Crippen LogP contribution >= 0.6 is 12.4 Å². The monoisotopic (exact) mass is 327 g/mol. The Morgan fingerprint density at radius 3 is 2.82 bits per heavy atom. The Labute approximate surface area is 136 Å². The number of anilines is 1. The van der Waals surface area contributed by atoms with Gasteiger partial charge in [-0.15, -0.1) is 12.4 Å². The van der Waals surface area contributed by atoms with Gasteiger partial charge in [-0.2, -0.15) is 0 Å². The molecule has 1 aromatic rings. The summed E-state index contributed by atoms with van der Waals surface area (Å²) in [5.41, 5.74) is 0.635. The van der Waals surface area contributed by atoms with E-state index in [1.54, 1.807) is 12.1 Å². The van der Waals surface area contributed by atoms with Gasteiger partial charge in [0.25, 0.3) is 0 Å². The van der Waals surface area contributed by atoms with Crippen molar-refractivity contribution in [1.82, 2.24) is 10.6 Å². The first-order valence-electron chi connectivity index (χ1n) is 7.77. The Hall–Kier alpha value is -1.33. The van der Waals surface area contributed by atoms with Crippen molar-refractivity contribution in [2.24, 2.45) is 0 Å². The third-order valence-electron chi connectivity index (χ3n) is 4.34. The largest absolute Gasteiger partial charge is 0.367 e. The lowest BCUT2D eigenvalue weighted by atomic mass is 10.0. The summed E-state index contributed by atoms with van der Waals surface area (Å²) in [5.74, 6) is -0.102. The number of nitrogens with zero attached hydrogens (tertiary/aromatic N) is 1. The maximum Gasteiger partial charge on any atom is 0.237 e. The maximum absolute atomic E-state index is 13.9. The van der Waals surface area contributed by atoms with Crippen molar-refractivity contribution in [1.29, 1.82) is 0 Å². The fourth-order valence-corrected chi connectivity index (χ4v) is 3.23. The molecule has 0 radical (unpaired) electrons. The second-order valence-electron chi connectivity index (χ2n) is 5.89. The van der Waals surface area contributed by atoms with Crippen LogP contribution in [0.5, 0.6) is 0 Å². The fourth-order valence-electron chi connectivity index (χ4n) is 3.23. The summed E-state index contributed by atoms with van der Waals surface area (Å²) >= 11 is 0. The van der Waals surface area contributed by atoms with Crippen molar-refractivity contribution in [3.05, 3.63) is 30.1 Å². The molecule has 4 nitrogen and oxygen atoms in total. The summed E-state index contributed by atoms with van der Waals surface area (Å²) in [6, 6.07) is 6.90. The highest BCUT2D eigenvalue weighted by molar-refractivity contribution is 5.85. The van der Waals surface area contributed by atoms with Crippen molar-refractivity contribution < 1.29 is 9.18 Å². The van der Waals surface area contributed by atoms with Crippen LogP contribution in [0.3, 0.4) is 0 Å². The van der Waals surface area contributed by atoms with Gasteiger partial charge >= 0.3 is 0 Å². The number of amides is 1. The van der Waals surface area contributed by atoms with E-state index in [9.17, 15) is 9.18 Å². The van der Waals surface area contributed by atoms with Crippen LogP contribution < -0.4 is 15.5 Å². The Bertz CT molecular complexity index is 508. The molecule has 2 fully saturated rings. The first-order valence-corrected chi connectivity index (χ1v) is 7.77. The molecule has 2 atom stereocenters. The number of piperidine rings is 1. The van der Waals surface area contributed by atoms with Gasteiger partial charge in [-0.3, -0.25) is 4.79 Å². The molecule has 2 aliphatic rings. The minimum Gasteiger partial charge on any atom is -0.367 e. The fraction of sp³-hybridized carbons (Fsp3) is 0.562. The number of carbonyl (C=O) groups is 1. The van der Waals surface area contributed by atoms with Gasteiger partial charge in [0.05, 0.1) is 11.7 Å². The average Bonchev–Trinajstić information content (AvgIpc) is 3.02. The van der Waals surface area contributed by atoms with Gasteiger partial charge in [0, 0.05) is 19.1 Å². The Morgan fingerprint density at radius 2 is 2.09 bits per heavy atom. The van der Waals surface area contributed by atoms with Gasteiger partial charge in [0.2, 0.25) is 5.91 Å². The number of para-hydroxylation sites is 1. The molecule has 0 bridgehead atoms. The third kappa shape index (κ3) is 3.90. The molecular weight excluding hydrogens is 305 g/mol. The van der Waals surface area contributed by atoms with Gasteiger partial charge in [-0.25, -0.2) is 4.39 Å². The smallest absolute Gasteiger partial charge is 0.237 e. The SMILES string of the molecule is Cl.O=C(NC1CCCN(c2ccccc2F)C1)C1CCCN1. The molecule has 2 unspecified atom stereocenters. The Morgan fingerprint density at radius 1 is 1.27 bits per heavy atom. The van der Waals surface area contributed by atoms with Gasteiger partial charge in [-0.1, -0.05) is 12.1 Å². The van der Waals surface area contributed by atoms with E-state index < -0.39 is 0 Å². The van der Waals surface area contributed by atoms with Gasteiger partial charge in [0.15, 0.2) is 0 Å². The van der Waals surface area contributed by atoms with E-state index in [1.807, 2.05) is 11.0 Å². The summed E-state index contributed by atoms with van der Waals surface area (Å²) in [7, 11) is 0. The Balaban J connectivity index is 0.00000176. The van der Waals surface area contributed by atoms with E-state index in [-0.39, 0.29) is 36.2 Å². The number of rotatable bonds is 3. The molecule has 6 heteroatoms. The van der Waals surface area contributed by atoms with Crippen molar-refractivity contribution in [3.8, 4) is 0 Å². The van der Waals surface area contributed by atoms with Crippen LogP contribution in [0.25, 0.3) is 0 Å². The van der Waals surface area contributed by atoms with E-state index in [0.29, 0.717) is 12.2 Å². The summed E-state index contributed by atoms with van der Waals surface area (Å²) in [6.45, 7) is 2.44. The molecule has 122 valence electrons. The molecule has 2 aliphatic heterocycles. The van der Waals surface area contributed by atoms with Crippen LogP contribution in [0.2, 0.25) is 0 Å². The number of benzene rings is 1. The molecule has 1 amide bonds. The number of hydrogen-bond acceptors (Lipinski definition) is 3. The predicted octanol–water partition coefficient (Wildman–Crippen LogP) is 2.08. The number of hydrogen-bond donors (Lipinski definition) is 2. The van der Waals surface area contributed by atoms with Crippen molar-refractivity contribution in [2.75, 3.05) is 24.5 Å². The molecule has 3 rings (SSSR count). The normalized spacial score (nSPS) is 24.7. The molecule has 2 saturated heterocycles. The summed E-state index contributed by atoms with van der Waals surface area (Å²) in [4.78, 5) is 14.2. The van der Waals surface area contributed by atoms with Gasteiger partial charge in [-0.05, 0) is 44.4 Å². The lowest BCUT2D eigenvalue weighted by molar-refractivity contribution is -0.123. The highest BCUT2D eigenvalue weighted by Gasteiger charge is 2.27. The molecule has 22 heavy (non-hydrogen) atoms. The van der Waals surface area contributed by atoms with E-state index in [2.05, 4.69) is 10.6 Å². The van der Waals surface area contributed by atoms with E-state index in [4.69, 9.17) is 0 Å². The first-order chi connectivity index (χ1) is 10.2. The zero-order valence-electron chi connectivity index (χ0n) is 12.6. The van der Waals surface area contributed by atoms with Crippen LogP contribution in [-0.2, 0) is 4.79 Å². The van der Waals surface area contributed by atoms with E-state index in [1.165, 1.54) is 6.07 Å². The summed E-state index contributed by atoms with van der Waals surface area (Å²) < 4.78 is 13.9. The molecule has 0 saturated carbocycles. The topological polar surface area (TPSA) is 44.4 Å². The highest BCUT2D eigenvalue weighted by atomic mass is 35.5. The molecule has 0 aromatic heterocycles. The van der Waals surface area contributed by atoms with Crippen LogP contribution in [0, 0.1) is 5.82 Å². The predicted molar refractivity (Wildman–Crippen MR) is 88.1 cm³/mol. The summed E-state index contributed by atoms with van der Waals surface area (Å²) in [6.07, 6.45) is 3.90. The molecule has 1 aromatic carbocycles. The molecular formula is C16H23ClFN3O. The minimum atomic E-state index is -0.193. The molecule has 2 N–H and O–H groups in total. The molecule has 0 spiro atoms. The van der Waals surface area contributed by atoms with Crippen LogP contribution in [0.1, 0.15) is 25.7 Å². The quantitative estimate of drug-likeness (QED) is 0.893. The second kappa shape index (κ2) is 7.79. The number of carbonyl (C=O) groups excluding carboxylic acids is 1. The zero-order chi connectivity index (χ0) is 14.7. The van der Waals surface area contributed by atoms with Crippen LogP contribution in [-0.4, -0.2) is 37.6 Å². The Kier molecular flexibility index (Phi) is 6.03. The number of halogens is 2. The van der Waals surface area contributed by atoms with Crippen molar-refractivity contribution in [2.45, 2.75) is 37.8 Å². The first kappa shape index (κ1) is 17.0. The van der Waals surface area contributed by atoms with Crippen molar-refractivity contribution >= 4 is 24.0 Å². The van der Waals surface area contributed by atoms with E-state index in [0.717, 1.165) is 38.8 Å². The van der Waals surface area contributed by atoms with Crippen LogP contribution in [0.15, 0.2) is 24.3 Å². The van der Waals surface area contributed by atoms with Crippen molar-refractivity contribution in [3.63, 3.8) is 0 Å². The third-order valence-corrected chi connectivity index (χ3v) is 4.34. The second-order valence-corrected chi connectivity index (χ2v) is 5.89. The molecule has 2 heterocycles. The average molecular weight is 328 g/mol. The zero-order valence-corrected chi connectivity index (χ0v) is 13.4. The van der Waals surface area contributed by atoms with Gasteiger partial charge in [0.1, 0.15) is 5.82 Å². The summed E-state index contributed by atoms with van der Waals surface area (Å²) in [5, 5.41) is 6.33. The highest BCUT2D eigenvalue weighted by Crippen LogP contribution is 2.23. The van der Waals surface area contributed by atoms with E-state index >= 15 is 0 Å². The van der Waals surface area contributed by atoms with Crippen LogP contribution in [0.4, 0.5) is 10.1 Å². The lowest BCUT2D eigenvalue weighted by Crippen LogP contribution is -2.52. The lowest BCUT2D eigenvalue weighted by Gasteiger charge is -2.35. The number of nitrogens with one attached hydrogen (secondary N) is 2. The van der Waals surface area contributed by atoms with Gasteiger partial charge < -0.3 is 15.5 Å².